The van der Waals surface area contributed by atoms with Crippen molar-refractivity contribution < 1.29 is 14.3 Å². The highest BCUT2D eigenvalue weighted by Gasteiger charge is 2.24. The van der Waals surface area contributed by atoms with E-state index in [2.05, 4.69) is 12.2 Å². The lowest BCUT2D eigenvalue weighted by Crippen LogP contribution is -2.35. The highest BCUT2D eigenvalue weighted by molar-refractivity contribution is 7.14. The molecule has 0 unspecified atom stereocenters. The maximum absolute atomic E-state index is 12.1. The maximum atomic E-state index is 12.1. The van der Waals surface area contributed by atoms with Crippen molar-refractivity contribution in [3.05, 3.63) is 21.4 Å². The van der Waals surface area contributed by atoms with Crippen molar-refractivity contribution in [2.75, 3.05) is 6.54 Å². The molecule has 0 aliphatic heterocycles. The molecule has 0 fully saturated rings. The number of rotatable bonds is 5. The fourth-order valence-corrected chi connectivity index (χ4v) is 3.73. The molecule has 0 aromatic carbocycles. The predicted molar refractivity (Wildman–Crippen MR) is 83.7 cm³/mol. The van der Waals surface area contributed by atoms with E-state index in [1.165, 1.54) is 34.6 Å². The van der Waals surface area contributed by atoms with Gasteiger partial charge in [-0.05, 0) is 50.7 Å². The Kier molecular flexibility index (Phi) is 5.39. The lowest BCUT2D eigenvalue weighted by Gasteiger charge is -2.19. The Morgan fingerprint density at radius 2 is 2.24 bits per heavy atom. The van der Waals surface area contributed by atoms with Gasteiger partial charge in [-0.25, -0.2) is 4.79 Å². The minimum Gasteiger partial charge on any atom is -0.448 e. The van der Waals surface area contributed by atoms with Crippen LogP contribution in [0.5, 0.6) is 0 Å². The minimum atomic E-state index is -0.750. The Morgan fingerprint density at radius 3 is 2.90 bits per heavy atom. The summed E-state index contributed by atoms with van der Waals surface area (Å²) < 4.78 is 5.24. The van der Waals surface area contributed by atoms with Crippen molar-refractivity contribution in [3.63, 3.8) is 0 Å². The number of nitrogens with one attached hydrogen (secondary N) is 1. The third kappa shape index (κ3) is 3.84. The molecule has 1 N–H and O–H groups in total. The summed E-state index contributed by atoms with van der Waals surface area (Å²) in [5.74, 6) is 0.0876. The van der Waals surface area contributed by atoms with Crippen LogP contribution in [-0.2, 0) is 22.4 Å². The van der Waals surface area contributed by atoms with Crippen LogP contribution in [-0.4, -0.2) is 24.5 Å². The second kappa shape index (κ2) is 7.07. The molecule has 0 spiro atoms. The third-order valence-corrected chi connectivity index (χ3v) is 5.18. The van der Waals surface area contributed by atoms with Crippen LogP contribution in [0.25, 0.3) is 0 Å². The summed E-state index contributed by atoms with van der Waals surface area (Å²) in [6.07, 6.45) is 3.75. The SMILES string of the molecule is CCNC(=O)[C@@H](C)OC(=O)c1cc2c(s1)CC[C@@H](CC)C2. The number of aryl methyl sites for hydroxylation is 1. The van der Waals surface area contributed by atoms with Gasteiger partial charge in [-0.2, -0.15) is 0 Å². The Hall–Kier alpha value is -1.36. The third-order valence-electron chi connectivity index (χ3n) is 3.97. The van der Waals surface area contributed by atoms with E-state index in [1.54, 1.807) is 6.92 Å². The quantitative estimate of drug-likeness (QED) is 0.851. The Balaban J connectivity index is 2.01. The second-order valence-electron chi connectivity index (χ2n) is 5.52. The average Bonchev–Trinajstić information content (AvgIpc) is 2.90. The zero-order valence-corrected chi connectivity index (χ0v) is 13.7. The molecule has 0 bridgehead atoms. The summed E-state index contributed by atoms with van der Waals surface area (Å²) in [6.45, 7) is 6.19. The van der Waals surface area contributed by atoms with Crippen LogP contribution < -0.4 is 5.32 Å². The van der Waals surface area contributed by atoms with Crippen LogP contribution in [0.4, 0.5) is 0 Å². The molecule has 2 atom stereocenters. The summed E-state index contributed by atoms with van der Waals surface area (Å²) in [6, 6.07) is 1.95. The lowest BCUT2D eigenvalue weighted by molar-refractivity contribution is -0.128. The van der Waals surface area contributed by atoms with Gasteiger partial charge in [-0.1, -0.05) is 13.3 Å². The number of thiophene rings is 1. The lowest BCUT2D eigenvalue weighted by atomic mass is 9.87. The van der Waals surface area contributed by atoms with E-state index in [-0.39, 0.29) is 11.9 Å². The molecular weight excluding hydrogens is 286 g/mol. The van der Waals surface area contributed by atoms with Crippen molar-refractivity contribution >= 4 is 23.2 Å². The van der Waals surface area contributed by atoms with Gasteiger partial charge >= 0.3 is 5.97 Å². The van der Waals surface area contributed by atoms with Crippen LogP contribution in [0.1, 0.15) is 53.7 Å². The smallest absolute Gasteiger partial charge is 0.349 e. The van der Waals surface area contributed by atoms with Crippen LogP contribution in [0.15, 0.2) is 6.07 Å². The molecule has 1 aliphatic carbocycles. The fraction of sp³-hybridized carbons (Fsp3) is 0.625. The average molecular weight is 309 g/mol. The van der Waals surface area contributed by atoms with Crippen molar-refractivity contribution in [1.82, 2.24) is 5.32 Å². The summed E-state index contributed by atoms with van der Waals surface area (Å²) >= 11 is 1.52. The number of carbonyl (C=O) groups excluding carboxylic acids is 2. The normalized spacial score (nSPS) is 18.7. The van der Waals surface area contributed by atoms with Gasteiger partial charge in [0, 0.05) is 11.4 Å². The first-order chi connectivity index (χ1) is 10.0. The first-order valence-corrected chi connectivity index (χ1v) is 8.47. The van der Waals surface area contributed by atoms with E-state index in [4.69, 9.17) is 4.74 Å². The van der Waals surface area contributed by atoms with Crippen molar-refractivity contribution in [1.29, 1.82) is 0 Å². The molecule has 2 rings (SSSR count). The Morgan fingerprint density at radius 1 is 1.48 bits per heavy atom. The molecular formula is C16H23NO3S. The van der Waals surface area contributed by atoms with Gasteiger partial charge in [0.15, 0.2) is 6.10 Å². The fourth-order valence-electron chi connectivity index (χ4n) is 2.64. The zero-order chi connectivity index (χ0) is 15.4. The summed E-state index contributed by atoms with van der Waals surface area (Å²) in [4.78, 5) is 25.7. The molecule has 0 saturated carbocycles. The molecule has 1 aliphatic rings. The number of ether oxygens (including phenoxy) is 1. The van der Waals surface area contributed by atoms with Gasteiger partial charge in [0.2, 0.25) is 0 Å². The Labute approximate surface area is 129 Å². The summed E-state index contributed by atoms with van der Waals surface area (Å²) in [5.41, 5.74) is 1.29. The van der Waals surface area contributed by atoms with Gasteiger partial charge in [0.25, 0.3) is 5.91 Å². The molecule has 21 heavy (non-hydrogen) atoms. The molecule has 1 amide bonds. The minimum absolute atomic E-state index is 0.252. The molecule has 0 radical (unpaired) electrons. The zero-order valence-electron chi connectivity index (χ0n) is 12.9. The number of hydrogen-bond acceptors (Lipinski definition) is 4. The van der Waals surface area contributed by atoms with Crippen LogP contribution in [0.2, 0.25) is 0 Å². The van der Waals surface area contributed by atoms with Crippen molar-refractivity contribution in [2.24, 2.45) is 5.92 Å². The highest BCUT2D eigenvalue weighted by Crippen LogP contribution is 2.33. The first-order valence-electron chi connectivity index (χ1n) is 7.65. The number of esters is 1. The summed E-state index contributed by atoms with van der Waals surface area (Å²) in [7, 11) is 0. The molecule has 4 nitrogen and oxygen atoms in total. The van der Waals surface area contributed by atoms with Crippen molar-refractivity contribution in [3.8, 4) is 0 Å². The molecule has 116 valence electrons. The molecule has 1 aromatic rings. The molecule has 0 saturated heterocycles. The predicted octanol–water partition coefficient (Wildman–Crippen LogP) is 2.94. The largest absolute Gasteiger partial charge is 0.448 e. The molecule has 5 heteroatoms. The monoisotopic (exact) mass is 309 g/mol. The van der Waals surface area contributed by atoms with Crippen LogP contribution >= 0.6 is 11.3 Å². The second-order valence-corrected chi connectivity index (χ2v) is 6.66. The number of amides is 1. The van der Waals surface area contributed by atoms with E-state index >= 15 is 0 Å². The molecule has 1 aromatic heterocycles. The number of fused-ring (bicyclic) bond motifs is 1. The summed E-state index contributed by atoms with van der Waals surface area (Å²) in [5, 5.41) is 2.65. The standard InChI is InChI=1S/C16H23NO3S/c1-4-11-6-7-13-12(8-11)9-14(21-13)16(19)20-10(3)15(18)17-5-2/h9-11H,4-8H2,1-3H3,(H,17,18)/t10-,11-/m1/s1. The van der Waals surface area contributed by atoms with Crippen LogP contribution in [0.3, 0.4) is 0 Å². The van der Waals surface area contributed by atoms with Crippen molar-refractivity contribution in [2.45, 2.75) is 52.6 Å². The van der Waals surface area contributed by atoms with Gasteiger partial charge in [0.1, 0.15) is 4.88 Å². The van der Waals surface area contributed by atoms with E-state index in [0.29, 0.717) is 11.4 Å². The van der Waals surface area contributed by atoms with Gasteiger partial charge < -0.3 is 10.1 Å². The van der Waals surface area contributed by atoms with E-state index in [9.17, 15) is 9.59 Å². The highest BCUT2D eigenvalue weighted by atomic mass is 32.1. The van der Waals surface area contributed by atoms with Gasteiger partial charge in [-0.15, -0.1) is 11.3 Å². The number of carbonyl (C=O) groups is 2. The molecule has 1 heterocycles. The first kappa shape index (κ1) is 16.0. The van der Waals surface area contributed by atoms with Gasteiger partial charge in [-0.3, -0.25) is 4.79 Å². The van der Waals surface area contributed by atoms with Crippen LogP contribution in [0, 0.1) is 5.92 Å². The Bertz CT molecular complexity index is 524. The van der Waals surface area contributed by atoms with Gasteiger partial charge in [0.05, 0.1) is 0 Å². The van der Waals surface area contributed by atoms with E-state index < -0.39 is 6.10 Å². The maximum Gasteiger partial charge on any atom is 0.349 e. The van der Waals surface area contributed by atoms with E-state index in [0.717, 1.165) is 18.8 Å². The topological polar surface area (TPSA) is 55.4 Å². The number of likely N-dealkylation sites (N-methyl/N-ethyl adjacent to an activating group) is 1. The number of hydrogen-bond donors (Lipinski definition) is 1. The van der Waals surface area contributed by atoms with E-state index in [1.807, 2.05) is 13.0 Å².